The first-order valence-corrected chi connectivity index (χ1v) is 10.3. The summed E-state index contributed by atoms with van der Waals surface area (Å²) in [5, 5.41) is 16.4. The molecule has 1 unspecified atom stereocenters. The second kappa shape index (κ2) is 10.3. The highest BCUT2D eigenvalue weighted by atomic mass is 32.1. The average molecular weight is 502 g/mol. The van der Waals surface area contributed by atoms with E-state index in [1.54, 1.807) is 18.2 Å². The predicted octanol–water partition coefficient (Wildman–Crippen LogP) is 4.73. The van der Waals surface area contributed by atoms with Crippen LogP contribution in [0.2, 0.25) is 0 Å². The van der Waals surface area contributed by atoms with Crippen molar-refractivity contribution in [3.05, 3.63) is 105 Å². The highest BCUT2D eigenvalue weighted by Crippen LogP contribution is 2.38. The van der Waals surface area contributed by atoms with E-state index >= 15 is 0 Å². The number of nitro benzene ring substituents is 1. The first-order chi connectivity index (χ1) is 16.5. The third kappa shape index (κ3) is 5.79. The number of carbonyl (C=O) groups excluding carboxylic acids is 2. The summed E-state index contributed by atoms with van der Waals surface area (Å²) in [6, 6.07) is 15.1. The summed E-state index contributed by atoms with van der Waals surface area (Å²) < 4.78 is 40.4. The SMILES string of the molecule is NC(=O)NC(=S)c1cccc(C(C(=O)Nc2ccccc2C(F)(F)F)c2ccccc2)c1[N+](=O)[O-]. The van der Waals surface area contributed by atoms with E-state index in [1.807, 2.05) is 0 Å². The number of halogens is 3. The Kier molecular flexibility index (Phi) is 7.45. The van der Waals surface area contributed by atoms with Crippen LogP contribution in [0.5, 0.6) is 0 Å². The number of nitro groups is 1. The van der Waals surface area contributed by atoms with Crippen LogP contribution in [0, 0.1) is 10.1 Å². The molecule has 0 aliphatic rings. The molecular weight excluding hydrogens is 485 g/mol. The number of nitrogens with two attached hydrogens (primary N) is 1. The summed E-state index contributed by atoms with van der Waals surface area (Å²) in [7, 11) is 0. The Morgan fingerprint density at radius 3 is 2.20 bits per heavy atom. The van der Waals surface area contributed by atoms with Crippen LogP contribution < -0.4 is 16.4 Å². The summed E-state index contributed by atoms with van der Waals surface area (Å²) in [4.78, 5) is 35.6. The third-order valence-electron chi connectivity index (χ3n) is 4.93. The van der Waals surface area contributed by atoms with Gasteiger partial charge < -0.3 is 11.1 Å². The number of benzene rings is 3. The van der Waals surface area contributed by atoms with E-state index in [2.05, 4.69) is 10.6 Å². The number of amides is 3. The number of rotatable bonds is 6. The normalized spacial score (nSPS) is 11.9. The van der Waals surface area contributed by atoms with Crippen molar-refractivity contribution < 1.29 is 27.7 Å². The number of hydrogen-bond acceptors (Lipinski definition) is 5. The number of carbonyl (C=O) groups is 2. The lowest BCUT2D eigenvalue weighted by atomic mass is 9.87. The fourth-order valence-corrected chi connectivity index (χ4v) is 3.79. The maximum absolute atomic E-state index is 13.5. The lowest BCUT2D eigenvalue weighted by Gasteiger charge is -2.20. The molecule has 0 heterocycles. The first-order valence-electron chi connectivity index (χ1n) is 9.90. The van der Waals surface area contributed by atoms with Gasteiger partial charge in [0.25, 0.3) is 5.69 Å². The molecule has 0 aromatic heterocycles. The van der Waals surface area contributed by atoms with E-state index in [0.717, 1.165) is 12.1 Å². The van der Waals surface area contributed by atoms with Crippen LogP contribution in [0.15, 0.2) is 72.8 Å². The highest BCUT2D eigenvalue weighted by molar-refractivity contribution is 7.80. The van der Waals surface area contributed by atoms with Gasteiger partial charge in [-0.25, -0.2) is 4.79 Å². The van der Waals surface area contributed by atoms with Crippen molar-refractivity contribution in [3.8, 4) is 0 Å². The summed E-state index contributed by atoms with van der Waals surface area (Å²) >= 11 is 5.05. The van der Waals surface area contributed by atoms with Gasteiger partial charge in [0.15, 0.2) is 0 Å². The van der Waals surface area contributed by atoms with Crippen LogP contribution in [0.4, 0.5) is 29.3 Å². The summed E-state index contributed by atoms with van der Waals surface area (Å²) in [6.45, 7) is 0. The van der Waals surface area contributed by atoms with Crippen molar-refractivity contribution in [2.24, 2.45) is 5.73 Å². The van der Waals surface area contributed by atoms with E-state index in [9.17, 15) is 32.9 Å². The molecular formula is C23H17F3N4O4S. The van der Waals surface area contributed by atoms with Gasteiger partial charge in [-0.1, -0.05) is 66.8 Å². The molecule has 3 amide bonds. The van der Waals surface area contributed by atoms with Gasteiger partial charge in [-0.05, 0) is 23.8 Å². The number of alkyl halides is 3. The van der Waals surface area contributed by atoms with E-state index in [1.165, 1.54) is 42.5 Å². The number of para-hydroxylation sites is 2. The fourth-order valence-electron chi connectivity index (χ4n) is 3.52. The third-order valence-corrected chi connectivity index (χ3v) is 5.25. The lowest BCUT2D eigenvalue weighted by Crippen LogP contribution is -2.35. The largest absolute Gasteiger partial charge is 0.418 e. The molecule has 0 radical (unpaired) electrons. The molecule has 3 aromatic rings. The number of anilines is 1. The molecule has 0 saturated carbocycles. The molecule has 0 aliphatic carbocycles. The van der Waals surface area contributed by atoms with Gasteiger partial charge in [0.2, 0.25) is 5.91 Å². The molecule has 12 heteroatoms. The summed E-state index contributed by atoms with van der Waals surface area (Å²) in [5.41, 5.74) is 2.84. The van der Waals surface area contributed by atoms with Crippen LogP contribution in [0.3, 0.4) is 0 Å². The Bertz CT molecular complexity index is 1300. The van der Waals surface area contributed by atoms with Crippen LogP contribution in [-0.4, -0.2) is 21.9 Å². The van der Waals surface area contributed by atoms with E-state index in [-0.39, 0.29) is 21.7 Å². The Labute approximate surface area is 202 Å². The second-order valence-corrected chi connectivity index (χ2v) is 7.60. The van der Waals surface area contributed by atoms with Crippen molar-refractivity contribution in [1.29, 1.82) is 0 Å². The zero-order valence-corrected chi connectivity index (χ0v) is 18.5. The summed E-state index contributed by atoms with van der Waals surface area (Å²) in [6.07, 6.45) is -4.75. The van der Waals surface area contributed by atoms with Gasteiger partial charge in [-0.2, -0.15) is 13.2 Å². The van der Waals surface area contributed by atoms with Crippen molar-refractivity contribution in [1.82, 2.24) is 5.32 Å². The van der Waals surface area contributed by atoms with Gasteiger partial charge in [-0.3, -0.25) is 20.2 Å². The molecule has 0 bridgehead atoms. The number of urea groups is 1. The standard InChI is InChI=1S/C23H17F3N4O4S/c24-23(25,26)16-11-4-5-12-17(16)28-20(31)18(13-7-2-1-3-8-13)14-9-6-10-15(19(14)30(33)34)21(35)29-22(27)32/h1-12,18H,(H,28,31)(H3,27,29,32,35). The number of hydrogen-bond donors (Lipinski definition) is 3. The van der Waals surface area contributed by atoms with Crippen LogP contribution >= 0.6 is 12.2 Å². The highest BCUT2D eigenvalue weighted by Gasteiger charge is 2.36. The Morgan fingerprint density at radius 1 is 0.971 bits per heavy atom. The first kappa shape index (κ1) is 25.3. The monoisotopic (exact) mass is 502 g/mol. The Balaban J connectivity index is 2.18. The number of nitrogens with zero attached hydrogens (tertiary/aromatic N) is 1. The molecule has 0 aliphatic heterocycles. The van der Waals surface area contributed by atoms with Gasteiger partial charge in [-0.15, -0.1) is 0 Å². The zero-order valence-electron chi connectivity index (χ0n) is 17.7. The molecule has 4 N–H and O–H groups in total. The second-order valence-electron chi connectivity index (χ2n) is 7.20. The maximum Gasteiger partial charge on any atom is 0.418 e. The predicted molar refractivity (Wildman–Crippen MR) is 126 cm³/mol. The molecule has 0 fully saturated rings. The fraction of sp³-hybridized carbons (Fsp3) is 0.0870. The Morgan fingerprint density at radius 2 is 1.60 bits per heavy atom. The van der Waals surface area contributed by atoms with Crippen LogP contribution in [0.1, 0.15) is 28.2 Å². The molecule has 3 rings (SSSR count). The minimum absolute atomic E-state index is 0.144. The van der Waals surface area contributed by atoms with Gasteiger partial charge >= 0.3 is 12.2 Å². The molecule has 8 nitrogen and oxygen atoms in total. The maximum atomic E-state index is 13.5. The topological polar surface area (TPSA) is 127 Å². The lowest BCUT2D eigenvalue weighted by molar-refractivity contribution is -0.385. The molecule has 3 aromatic carbocycles. The van der Waals surface area contributed by atoms with Crippen molar-refractivity contribution in [2.45, 2.75) is 12.1 Å². The summed E-state index contributed by atoms with van der Waals surface area (Å²) in [5.74, 6) is -2.34. The molecule has 180 valence electrons. The van der Waals surface area contributed by atoms with E-state index in [0.29, 0.717) is 0 Å². The van der Waals surface area contributed by atoms with Crippen LogP contribution in [-0.2, 0) is 11.0 Å². The van der Waals surface area contributed by atoms with Gasteiger partial charge in [0, 0.05) is 5.56 Å². The van der Waals surface area contributed by atoms with E-state index in [4.69, 9.17) is 18.0 Å². The smallest absolute Gasteiger partial charge is 0.351 e. The number of primary amides is 1. The quantitative estimate of drug-likeness (QED) is 0.255. The molecule has 0 saturated heterocycles. The average Bonchev–Trinajstić information content (AvgIpc) is 2.79. The molecule has 0 spiro atoms. The van der Waals surface area contributed by atoms with Crippen molar-refractivity contribution in [2.75, 3.05) is 5.32 Å². The van der Waals surface area contributed by atoms with Crippen LogP contribution in [0.25, 0.3) is 0 Å². The van der Waals surface area contributed by atoms with Gasteiger partial charge in [0.1, 0.15) is 4.99 Å². The van der Waals surface area contributed by atoms with Crippen molar-refractivity contribution in [3.63, 3.8) is 0 Å². The van der Waals surface area contributed by atoms with Crippen molar-refractivity contribution >= 4 is 40.5 Å². The van der Waals surface area contributed by atoms with E-state index < -0.39 is 45.9 Å². The minimum atomic E-state index is -4.75. The minimum Gasteiger partial charge on any atom is -0.351 e. The zero-order chi connectivity index (χ0) is 25.8. The Hall–Kier alpha value is -4.32. The number of nitrogens with one attached hydrogen (secondary N) is 2. The molecule has 35 heavy (non-hydrogen) atoms. The number of thiocarbonyl (C=S) groups is 1. The van der Waals surface area contributed by atoms with Gasteiger partial charge in [0.05, 0.1) is 27.7 Å². The molecule has 1 atom stereocenters.